The average Bonchev–Trinajstić information content (AvgIpc) is 2.97. The number of hydrogen-bond acceptors (Lipinski definition) is 3. The van der Waals surface area contributed by atoms with E-state index in [1.165, 1.54) is 12.1 Å². The Morgan fingerprint density at radius 1 is 1.33 bits per heavy atom. The average molecular weight is 334 g/mol. The largest absolute Gasteiger partial charge is 0.481 e. The molecule has 24 heavy (non-hydrogen) atoms. The van der Waals surface area contributed by atoms with Crippen molar-refractivity contribution in [2.24, 2.45) is 5.41 Å². The van der Waals surface area contributed by atoms with Gasteiger partial charge in [0.2, 0.25) is 0 Å². The molecule has 1 aliphatic rings. The molecule has 3 N–H and O–H groups in total. The molecular weight excluding hydrogens is 315 g/mol. The predicted octanol–water partition coefficient (Wildman–Crippen LogP) is 2.23. The Hall–Kier alpha value is -2.41. The standard InChI is InChI=1S/C17H19FN2O4/c1-10-6-11(18)7-13-12(10)8-14(20-13)15(21)19-9-17(16(22)23)2-4-24-5-3-17/h6-8,20H,2-5,9H2,1H3,(H,19,21)(H,22,23). The normalized spacial score (nSPS) is 16.9. The quantitative estimate of drug-likeness (QED) is 0.799. The molecule has 0 radical (unpaired) electrons. The van der Waals surface area contributed by atoms with E-state index in [2.05, 4.69) is 10.3 Å². The number of carboxylic acids is 1. The van der Waals surface area contributed by atoms with Gasteiger partial charge in [-0.15, -0.1) is 0 Å². The van der Waals surface area contributed by atoms with Crippen LogP contribution in [0.15, 0.2) is 18.2 Å². The lowest BCUT2D eigenvalue weighted by Gasteiger charge is -2.33. The van der Waals surface area contributed by atoms with E-state index in [0.717, 1.165) is 10.9 Å². The number of fused-ring (bicyclic) bond motifs is 1. The number of halogens is 1. The number of rotatable bonds is 4. The topological polar surface area (TPSA) is 91.4 Å². The highest BCUT2D eigenvalue weighted by molar-refractivity contribution is 5.99. The summed E-state index contributed by atoms with van der Waals surface area (Å²) in [7, 11) is 0. The van der Waals surface area contributed by atoms with Gasteiger partial charge in [0.1, 0.15) is 11.5 Å². The third-order valence-electron chi connectivity index (χ3n) is 4.65. The number of H-pyrrole nitrogens is 1. The smallest absolute Gasteiger partial charge is 0.311 e. The van der Waals surface area contributed by atoms with E-state index < -0.39 is 17.3 Å². The maximum absolute atomic E-state index is 13.4. The molecule has 6 nitrogen and oxygen atoms in total. The monoisotopic (exact) mass is 334 g/mol. The lowest BCUT2D eigenvalue weighted by Crippen LogP contribution is -2.46. The number of amides is 1. The number of aromatic amines is 1. The summed E-state index contributed by atoms with van der Waals surface area (Å²) in [5, 5.41) is 12.9. The van der Waals surface area contributed by atoms with Crippen molar-refractivity contribution in [3.8, 4) is 0 Å². The number of aliphatic carboxylic acids is 1. The zero-order chi connectivity index (χ0) is 17.3. The van der Waals surface area contributed by atoms with Gasteiger partial charge in [0.15, 0.2) is 0 Å². The van der Waals surface area contributed by atoms with Crippen LogP contribution in [0.1, 0.15) is 28.9 Å². The zero-order valence-electron chi connectivity index (χ0n) is 13.3. The molecule has 2 aromatic rings. The molecule has 3 rings (SSSR count). The van der Waals surface area contributed by atoms with Crippen LogP contribution in [0.25, 0.3) is 10.9 Å². The van der Waals surface area contributed by atoms with Crippen molar-refractivity contribution in [2.75, 3.05) is 19.8 Å². The van der Waals surface area contributed by atoms with Crippen LogP contribution in [0.5, 0.6) is 0 Å². The molecular formula is C17H19FN2O4. The molecule has 0 bridgehead atoms. The number of aryl methyl sites for hydroxylation is 1. The number of aromatic nitrogens is 1. The second-order valence-electron chi connectivity index (χ2n) is 6.25. The van der Waals surface area contributed by atoms with Crippen molar-refractivity contribution in [3.05, 3.63) is 35.3 Å². The van der Waals surface area contributed by atoms with Gasteiger partial charge in [-0.05, 0) is 43.5 Å². The van der Waals surface area contributed by atoms with E-state index in [-0.39, 0.29) is 18.1 Å². The fraction of sp³-hybridized carbons (Fsp3) is 0.412. The molecule has 0 aliphatic carbocycles. The van der Waals surface area contributed by atoms with Gasteiger partial charge in [-0.25, -0.2) is 4.39 Å². The molecule has 1 aliphatic heterocycles. The van der Waals surface area contributed by atoms with E-state index in [1.54, 1.807) is 13.0 Å². The summed E-state index contributed by atoms with van der Waals surface area (Å²) in [5.74, 6) is -1.71. The zero-order valence-corrected chi connectivity index (χ0v) is 13.3. The first kappa shape index (κ1) is 16.4. The second kappa shape index (κ2) is 6.24. The van der Waals surface area contributed by atoms with Crippen LogP contribution >= 0.6 is 0 Å². The second-order valence-corrected chi connectivity index (χ2v) is 6.25. The van der Waals surface area contributed by atoms with Gasteiger partial charge >= 0.3 is 5.97 Å². The molecule has 128 valence electrons. The number of hydrogen-bond donors (Lipinski definition) is 3. The van der Waals surface area contributed by atoms with Crippen molar-refractivity contribution in [1.82, 2.24) is 10.3 Å². The maximum Gasteiger partial charge on any atom is 0.311 e. The van der Waals surface area contributed by atoms with Crippen molar-refractivity contribution >= 4 is 22.8 Å². The molecule has 1 amide bonds. The van der Waals surface area contributed by atoms with Gasteiger partial charge < -0.3 is 20.1 Å². The minimum atomic E-state index is -0.998. The summed E-state index contributed by atoms with van der Waals surface area (Å²) in [6.45, 7) is 2.54. The molecule has 2 heterocycles. The van der Waals surface area contributed by atoms with Crippen LogP contribution in [-0.4, -0.2) is 41.7 Å². The summed E-state index contributed by atoms with van der Waals surface area (Å²) in [6.07, 6.45) is 0.721. The van der Waals surface area contributed by atoms with Crippen LogP contribution in [0.2, 0.25) is 0 Å². The van der Waals surface area contributed by atoms with Gasteiger partial charge in [0.05, 0.1) is 5.41 Å². The molecule has 1 fully saturated rings. The van der Waals surface area contributed by atoms with Gasteiger partial charge in [-0.3, -0.25) is 9.59 Å². The van der Waals surface area contributed by atoms with E-state index in [4.69, 9.17) is 4.74 Å². The van der Waals surface area contributed by atoms with Gasteiger partial charge in [0.25, 0.3) is 5.91 Å². The third-order valence-corrected chi connectivity index (χ3v) is 4.65. The van der Waals surface area contributed by atoms with Gasteiger partial charge in [-0.1, -0.05) is 0 Å². The lowest BCUT2D eigenvalue weighted by atomic mass is 9.80. The van der Waals surface area contributed by atoms with Crippen LogP contribution in [0, 0.1) is 18.2 Å². The van der Waals surface area contributed by atoms with Crippen molar-refractivity contribution in [3.63, 3.8) is 0 Å². The fourth-order valence-electron chi connectivity index (χ4n) is 3.07. The highest BCUT2D eigenvalue weighted by atomic mass is 19.1. The number of benzene rings is 1. The Labute approximate surface area is 138 Å². The SMILES string of the molecule is Cc1cc(F)cc2[nH]c(C(=O)NCC3(C(=O)O)CCOCC3)cc12. The van der Waals surface area contributed by atoms with Crippen LogP contribution in [0.4, 0.5) is 4.39 Å². The van der Waals surface area contributed by atoms with Gasteiger partial charge in [-0.2, -0.15) is 0 Å². The van der Waals surface area contributed by atoms with Crippen molar-refractivity contribution in [2.45, 2.75) is 19.8 Å². The van der Waals surface area contributed by atoms with Crippen molar-refractivity contribution in [1.29, 1.82) is 0 Å². The van der Waals surface area contributed by atoms with Crippen LogP contribution in [0.3, 0.4) is 0 Å². The minimum Gasteiger partial charge on any atom is -0.481 e. The molecule has 0 spiro atoms. The molecule has 1 saturated heterocycles. The van der Waals surface area contributed by atoms with E-state index >= 15 is 0 Å². The Morgan fingerprint density at radius 3 is 2.71 bits per heavy atom. The first-order valence-electron chi connectivity index (χ1n) is 7.79. The molecule has 1 aromatic carbocycles. The first-order valence-corrected chi connectivity index (χ1v) is 7.79. The Bertz CT molecular complexity index is 793. The van der Waals surface area contributed by atoms with Crippen LogP contribution < -0.4 is 5.32 Å². The fourth-order valence-corrected chi connectivity index (χ4v) is 3.07. The Kier molecular flexibility index (Phi) is 4.28. The summed E-state index contributed by atoms with van der Waals surface area (Å²) in [4.78, 5) is 26.8. The molecule has 0 saturated carbocycles. The van der Waals surface area contributed by atoms with Gasteiger partial charge in [0, 0.05) is 30.7 Å². The highest BCUT2D eigenvalue weighted by Gasteiger charge is 2.40. The van der Waals surface area contributed by atoms with Crippen molar-refractivity contribution < 1.29 is 23.8 Å². The van der Waals surface area contributed by atoms with E-state index in [0.29, 0.717) is 31.6 Å². The number of ether oxygens (including phenoxy) is 1. The summed E-state index contributed by atoms with van der Waals surface area (Å²) in [6, 6.07) is 4.38. The van der Waals surface area contributed by atoms with Crippen LogP contribution in [-0.2, 0) is 9.53 Å². The van der Waals surface area contributed by atoms with E-state index in [1.807, 2.05) is 0 Å². The Balaban J connectivity index is 1.77. The summed E-state index contributed by atoms with van der Waals surface area (Å²) >= 11 is 0. The number of carboxylic acid groups (broad SMARTS) is 1. The molecule has 0 atom stereocenters. The predicted molar refractivity (Wildman–Crippen MR) is 85.4 cm³/mol. The minimum absolute atomic E-state index is 0.0350. The highest BCUT2D eigenvalue weighted by Crippen LogP contribution is 2.30. The number of carbonyl (C=O) groups excluding carboxylic acids is 1. The summed E-state index contributed by atoms with van der Waals surface area (Å²) in [5.41, 5.74) is 0.553. The first-order chi connectivity index (χ1) is 11.4. The molecule has 0 unspecified atom stereocenters. The maximum atomic E-state index is 13.4. The third kappa shape index (κ3) is 2.99. The number of carbonyl (C=O) groups is 2. The molecule has 7 heteroatoms. The lowest BCUT2D eigenvalue weighted by molar-refractivity contribution is -0.154. The van der Waals surface area contributed by atoms with E-state index in [9.17, 15) is 19.1 Å². The Morgan fingerprint density at radius 2 is 2.04 bits per heavy atom. The molecule has 1 aromatic heterocycles. The summed E-state index contributed by atoms with van der Waals surface area (Å²) < 4.78 is 18.7. The number of nitrogens with one attached hydrogen (secondary N) is 2.